The van der Waals surface area contributed by atoms with Gasteiger partial charge in [0.1, 0.15) is 13.2 Å². The molecule has 3 unspecified atom stereocenters. The summed E-state index contributed by atoms with van der Waals surface area (Å²) in [7, 11) is 1.25. The van der Waals surface area contributed by atoms with Gasteiger partial charge in [-0.3, -0.25) is 9.36 Å². The maximum atomic E-state index is 13.0. The number of nitrogens with zero attached hydrogens (tertiary/aromatic N) is 1. The number of amides is 1. The Labute approximate surface area is 429 Å². The van der Waals surface area contributed by atoms with Crippen molar-refractivity contribution in [3.8, 4) is 0 Å². The first kappa shape index (κ1) is 67.7. The molecule has 3 atom stereocenters. The van der Waals surface area contributed by atoms with E-state index in [0.717, 1.165) is 38.5 Å². The van der Waals surface area contributed by atoms with Gasteiger partial charge in [0.2, 0.25) is 5.91 Å². The van der Waals surface area contributed by atoms with Crippen molar-refractivity contribution in [3.63, 3.8) is 0 Å². The minimum Gasteiger partial charge on any atom is -0.756 e. The fraction of sp³-hybridized carbons (Fsp3) is 0.883. The molecule has 0 radical (unpaired) electrons. The van der Waals surface area contributed by atoms with E-state index in [9.17, 15) is 19.4 Å². The molecule has 0 heterocycles. The fourth-order valence-electron chi connectivity index (χ4n) is 8.87. The zero-order valence-electron chi connectivity index (χ0n) is 46.5. The molecule has 0 saturated heterocycles. The summed E-state index contributed by atoms with van der Waals surface area (Å²) in [6.07, 6.45) is 66.6. The van der Waals surface area contributed by atoms with Crippen LogP contribution >= 0.6 is 7.82 Å². The van der Waals surface area contributed by atoms with E-state index in [0.29, 0.717) is 17.4 Å². The molecule has 0 saturated carbocycles. The minimum atomic E-state index is -4.60. The van der Waals surface area contributed by atoms with Crippen LogP contribution in [0.25, 0.3) is 0 Å². The number of carbonyl (C=O) groups excluding carboxylic acids is 1. The zero-order valence-corrected chi connectivity index (χ0v) is 47.4. The number of likely N-dealkylation sites (N-methyl/N-ethyl adjacent to an activating group) is 1. The number of hydrogen-bond donors (Lipinski definition) is 2. The van der Waals surface area contributed by atoms with Gasteiger partial charge in [-0.1, -0.05) is 262 Å². The van der Waals surface area contributed by atoms with E-state index in [2.05, 4.69) is 43.5 Å². The lowest BCUT2D eigenvalue weighted by molar-refractivity contribution is -0.870. The Hall–Kier alpha value is -1.28. The summed E-state index contributed by atoms with van der Waals surface area (Å²) in [6.45, 7) is 4.67. The van der Waals surface area contributed by atoms with Gasteiger partial charge in [-0.15, -0.1) is 0 Å². The number of quaternary nitrogens is 1. The van der Waals surface area contributed by atoms with Gasteiger partial charge >= 0.3 is 0 Å². The maximum Gasteiger partial charge on any atom is 0.268 e. The predicted octanol–water partition coefficient (Wildman–Crippen LogP) is 17.5. The number of carbonyl (C=O) groups is 1. The van der Waals surface area contributed by atoms with Crippen LogP contribution in [-0.2, 0) is 18.4 Å². The lowest BCUT2D eigenvalue weighted by Crippen LogP contribution is -2.45. The molecule has 0 aliphatic carbocycles. The van der Waals surface area contributed by atoms with Gasteiger partial charge in [0.25, 0.3) is 7.82 Å². The molecule has 0 aromatic rings. The molecule has 408 valence electrons. The number of aliphatic hydroxyl groups excluding tert-OH is 1. The topological polar surface area (TPSA) is 108 Å². The SMILES string of the molecule is CCCCCCCCCC/C=C\CCCCCCCCCCCCCCCC(=O)NC(COP(=O)([O-])OCC[N+](C)(C)C)C(O)/C=C/CC/C=C/CCCCCCCCCCCCCCCCCC. The Morgan fingerprint density at radius 1 is 0.493 bits per heavy atom. The Balaban J connectivity index is 4.21. The molecular weight excluding hydrogens is 876 g/mol. The summed E-state index contributed by atoms with van der Waals surface area (Å²) < 4.78 is 23.4. The van der Waals surface area contributed by atoms with Crippen LogP contribution < -0.4 is 10.2 Å². The fourth-order valence-corrected chi connectivity index (χ4v) is 9.60. The lowest BCUT2D eigenvalue weighted by Gasteiger charge is -2.29. The summed E-state index contributed by atoms with van der Waals surface area (Å²) >= 11 is 0. The van der Waals surface area contributed by atoms with Gasteiger partial charge < -0.3 is 28.8 Å². The molecule has 1 amide bonds. The third kappa shape index (κ3) is 54.3. The third-order valence-corrected chi connectivity index (χ3v) is 14.5. The molecular formula is C60H117N2O6P. The Kier molecular flexibility index (Phi) is 50.7. The van der Waals surface area contributed by atoms with Crippen LogP contribution in [0.15, 0.2) is 36.5 Å². The number of phosphoric acid groups is 1. The highest BCUT2D eigenvalue weighted by atomic mass is 31.2. The molecule has 8 nitrogen and oxygen atoms in total. The van der Waals surface area contributed by atoms with Crippen molar-refractivity contribution in [3.05, 3.63) is 36.5 Å². The first-order valence-corrected chi connectivity index (χ1v) is 31.3. The summed E-state index contributed by atoms with van der Waals surface area (Å²) in [5, 5.41) is 13.9. The van der Waals surface area contributed by atoms with Gasteiger partial charge in [-0.05, 0) is 57.8 Å². The Morgan fingerprint density at radius 2 is 0.812 bits per heavy atom. The summed E-state index contributed by atoms with van der Waals surface area (Å²) in [5.41, 5.74) is 0. The van der Waals surface area contributed by atoms with Crippen LogP contribution in [0, 0.1) is 0 Å². The van der Waals surface area contributed by atoms with E-state index >= 15 is 0 Å². The van der Waals surface area contributed by atoms with Crippen molar-refractivity contribution in [2.24, 2.45) is 0 Å². The van der Waals surface area contributed by atoms with Gasteiger partial charge in [0.05, 0.1) is 39.9 Å². The van der Waals surface area contributed by atoms with Crippen molar-refractivity contribution in [1.29, 1.82) is 0 Å². The lowest BCUT2D eigenvalue weighted by atomic mass is 10.0. The second-order valence-corrected chi connectivity index (χ2v) is 23.1. The van der Waals surface area contributed by atoms with Gasteiger partial charge in [0, 0.05) is 6.42 Å². The molecule has 0 aliphatic heterocycles. The second kappa shape index (κ2) is 51.6. The number of nitrogens with one attached hydrogen (secondary N) is 1. The largest absolute Gasteiger partial charge is 0.756 e. The molecule has 0 aromatic carbocycles. The number of rotatable bonds is 55. The minimum absolute atomic E-state index is 0.00530. The third-order valence-electron chi connectivity index (χ3n) is 13.6. The Morgan fingerprint density at radius 3 is 1.17 bits per heavy atom. The highest BCUT2D eigenvalue weighted by Gasteiger charge is 2.23. The van der Waals surface area contributed by atoms with E-state index in [1.807, 2.05) is 27.2 Å². The van der Waals surface area contributed by atoms with Crippen LogP contribution in [0.4, 0.5) is 0 Å². The highest BCUT2D eigenvalue weighted by Crippen LogP contribution is 2.38. The van der Waals surface area contributed by atoms with E-state index in [1.54, 1.807) is 6.08 Å². The highest BCUT2D eigenvalue weighted by molar-refractivity contribution is 7.45. The smallest absolute Gasteiger partial charge is 0.268 e. The number of phosphoric ester groups is 1. The van der Waals surface area contributed by atoms with Crippen molar-refractivity contribution in [1.82, 2.24) is 5.32 Å². The van der Waals surface area contributed by atoms with Gasteiger partial charge in [-0.2, -0.15) is 0 Å². The standard InChI is InChI=1S/C60H117N2O6P/c1-6-8-10-12-14-16-18-20-22-24-26-28-30-31-32-34-36-38-40-42-44-46-48-50-52-54-60(64)61-58(57-68-69(65,66)67-56-55-62(3,4)5)59(63)53-51-49-47-45-43-41-39-37-35-33-29-27-25-23-21-19-17-15-13-11-9-7-2/h24,26,43,45,51,53,58-59,63H,6-23,25,27-42,44,46-50,52,54-57H2,1-5H3,(H-,61,64,65,66)/b26-24-,45-43+,53-51+. The first-order valence-electron chi connectivity index (χ1n) is 29.9. The van der Waals surface area contributed by atoms with Crippen molar-refractivity contribution < 1.29 is 32.9 Å². The molecule has 0 fully saturated rings. The molecule has 9 heteroatoms. The number of hydrogen-bond acceptors (Lipinski definition) is 6. The molecule has 0 rings (SSSR count). The van der Waals surface area contributed by atoms with Gasteiger partial charge in [-0.25, -0.2) is 0 Å². The Bertz CT molecular complexity index is 1220. The van der Waals surface area contributed by atoms with Crippen LogP contribution in [0.1, 0.15) is 290 Å². The average molecular weight is 994 g/mol. The van der Waals surface area contributed by atoms with E-state index in [-0.39, 0.29) is 12.5 Å². The van der Waals surface area contributed by atoms with E-state index in [1.165, 1.54) is 231 Å². The monoisotopic (exact) mass is 993 g/mol. The predicted molar refractivity (Wildman–Crippen MR) is 298 cm³/mol. The molecule has 0 bridgehead atoms. The quantitative estimate of drug-likeness (QED) is 0.0272. The first-order chi connectivity index (χ1) is 33.5. The van der Waals surface area contributed by atoms with Crippen molar-refractivity contribution in [2.45, 2.75) is 302 Å². The second-order valence-electron chi connectivity index (χ2n) is 21.7. The number of allylic oxidation sites excluding steroid dienone is 5. The van der Waals surface area contributed by atoms with Crippen molar-refractivity contribution >= 4 is 13.7 Å². The van der Waals surface area contributed by atoms with Crippen molar-refractivity contribution in [2.75, 3.05) is 40.9 Å². The summed E-state index contributed by atoms with van der Waals surface area (Å²) in [5.74, 6) is -0.203. The maximum absolute atomic E-state index is 13.0. The van der Waals surface area contributed by atoms with E-state index < -0.39 is 26.6 Å². The van der Waals surface area contributed by atoms with Gasteiger partial charge in [0.15, 0.2) is 0 Å². The molecule has 0 spiro atoms. The van der Waals surface area contributed by atoms with E-state index in [4.69, 9.17) is 9.05 Å². The summed E-state index contributed by atoms with van der Waals surface area (Å²) in [4.78, 5) is 25.5. The van der Waals surface area contributed by atoms with Crippen LogP contribution in [0.2, 0.25) is 0 Å². The normalized spacial score (nSPS) is 14.1. The van der Waals surface area contributed by atoms with Crippen LogP contribution in [0.3, 0.4) is 0 Å². The molecule has 0 aliphatic rings. The van der Waals surface area contributed by atoms with Crippen LogP contribution in [0.5, 0.6) is 0 Å². The molecule has 2 N–H and O–H groups in total. The summed E-state index contributed by atoms with van der Waals surface area (Å²) in [6, 6.07) is -0.903. The molecule has 69 heavy (non-hydrogen) atoms. The number of aliphatic hydroxyl groups is 1. The average Bonchev–Trinajstić information content (AvgIpc) is 3.31. The molecule has 0 aromatic heterocycles. The number of unbranched alkanes of at least 4 members (excludes halogenated alkanes) is 38. The zero-order chi connectivity index (χ0) is 50.6. The van der Waals surface area contributed by atoms with Crippen LogP contribution in [-0.4, -0.2) is 68.5 Å².